The highest BCUT2D eigenvalue weighted by Gasteiger charge is 2.57. The number of nitrogens with zero attached hydrogens (tertiary/aromatic N) is 1. The first-order valence-corrected chi connectivity index (χ1v) is 12.6. The van der Waals surface area contributed by atoms with Crippen molar-refractivity contribution in [1.29, 1.82) is 0 Å². The fraction of sp³-hybridized carbons (Fsp3) is 0.400. The molecular weight excluding hydrogens is 402 g/mol. The molecule has 0 amide bonds. The Morgan fingerprint density at radius 1 is 0.727 bits per heavy atom. The molecule has 2 bridgehead atoms. The first-order valence-electron chi connectivity index (χ1n) is 12.6. The summed E-state index contributed by atoms with van der Waals surface area (Å²) in [6.07, 6.45) is 3.94. The molecular formula is C30H35N3. The minimum atomic E-state index is 0.0169. The number of nitrogens with one attached hydrogen (secondary N) is 2. The monoisotopic (exact) mass is 437 g/mol. The third kappa shape index (κ3) is 3.93. The predicted molar refractivity (Wildman–Crippen MR) is 135 cm³/mol. The molecule has 6 rings (SSSR count). The van der Waals surface area contributed by atoms with Gasteiger partial charge < -0.3 is 0 Å². The summed E-state index contributed by atoms with van der Waals surface area (Å²) < 4.78 is 0. The van der Waals surface area contributed by atoms with Crippen molar-refractivity contribution < 1.29 is 0 Å². The van der Waals surface area contributed by atoms with Gasteiger partial charge in [-0.1, -0.05) is 96.9 Å². The van der Waals surface area contributed by atoms with Crippen LogP contribution < -0.4 is 10.6 Å². The summed E-state index contributed by atoms with van der Waals surface area (Å²) in [7, 11) is 0. The lowest BCUT2D eigenvalue weighted by Gasteiger charge is -2.55. The van der Waals surface area contributed by atoms with Crippen LogP contribution in [0.3, 0.4) is 0 Å². The van der Waals surface area contributed by atoms with E-state index in [1.54, 1.807) is 0 Å². The minimum Gasteiger partial charge on any atom is -0.298 e. The Morgan fingerprint density at radius 2 is 1.24 bits per heavy atom. The molecule has 2 N–H and O–H groups in total. The summed E-state index contributed by atoms with van der Waals surface area (Å²) >= 11 is 0. The highest BCUT2D eigenvalue weighted by molar-refractivity contribution is 5.32. The average molecular weight is 438 g/mol. The third-order valence-electron chi connectivity index (χ3n) is 8.32. The van der Waals surface area contributed by atoms with Crippen molar-refractivity contribution in [3.8, 4) is 0 Å². The maximum atomic E-state index is 4.23. The third-order valence-corrected chi connectivity index (χ3v) is 8.32. The molecule has 0 aromatic heterocycles. The maximum Gasteiger partial charge on any atom is 0.0780 e. The van der Waals surface area contributed by atoms with Gasteiger partial charge in [-0.3, -0.25) is 15.5 Å². The largest absolute Gasteiger partial charge is 0.298 e. The molecule has 2 aliphatic heterocycles. The molecule has 4 unspecified atom stereocenters. The molecule has 2 heterocycles. The number of rotatable bonds is 4. The molecule has 3 aromatic rings. The van der Waals surface area contributed by atoms with Gasteiger partial charge in [0.2, 0.25) is 0 Å². The van der Waals surface area contributed by atoms with Gasteiger partial charge >= 0.3 is 0 Å². The van der Waals surface area contributed by atoms with Crippen LogP contribution >= 0.6 is 0 Å². The van der Waals surface area contributed by atoms with Gasteiger partial charge in [0.15, 0.2) is 0 Å². The average Bonchev–Trinajstić information content (AvgIpc) is 3.23. The topological polar surface area (TPSA) is 27.3 Å². The molecule has 3 heteroatoms. The highest BCUT2D eigenvalue weighted by Crippen LogP contribution is 2.49. The van der Waals surface area contributed by atoms with Crippen molar-refractivity contribution in [2.45, 2.75) is 50.5 Å². The second kappa shape index (κ2) is 8.72. The van der Waals surface area contributed by atoms with Crippen molar-refractivity contribution in [1.82, 2.24) is 15.5 Å². The van der Waals surface area contributed by atoms with E-state index in [9.17, 15) is 0 Å². The lowest BCUT2D eigenvalue weighted by Crippen LogP contribution is -2.69. The zero-order valence-electron chi connectivity index (χ0n) is 19.6. The van der Waals surface area contributed by atoms with Crippen LogP contribution in [0.5, 0.6) is 0 Å². The lowest BCUT2D eigenvalue weighted by molar-refractivity contribution is -0.0319. The summed E-state index contributed by atoms with van der Waals surface area (Å²) in [5, 5.41) is 8.45. The molecule has 170 valence electrons. The van der Waals surface area contributed by atoms with Gasteiger partial charge in [0.05, 0.1) is 17.7 Å². The predicted octanol–water partition coefficient (Wildman–Crippen LogP) is 5.60. The molecule has 33 heavy (non-hydrogen) atoms. The fourth-order valence-corrected chi connectivity index (χ4v) is 6.72. The second-order valence-electron chi connectivity index (χ2n) is 10.4. The molecule has 1 aliphatic carbocycles. The van der Waals surface area contributed by atoms with Crippen LogP contribution in [0.25, 0.3) is 0 Å². The van der Waals surface area contributed by atoms with Crippen molar-refractivity contribution in [3.05, 3.63) is 107 Å². The highest BCUT2D eigenvalue weighted by atomic mass is 15.3. The SMILES string of the molecule is Cc1ccc(CN2CC3CCCC(C2)C32NC(c3ccccc3)C(c3ccccc3)N2)cc1. The summed E-state index contributed by atoms with van der Waals surface area (Å²) in [5.41, 5.74) is 5.56. The van der Waals surface area contributed by atoms with Crippen molar-refractivity contribution in [3.63, 3.8) is 0 Å². The van der Waals surface area contributed by atoms with Gasteiger partial charge in [-0.25, -0.2) is 0 Å². The Bertz CT molecular complexity index is 999. The summed E-state index contributed by atoms with van der Waals surface area (Å²) in [4.78, 5) is 2.71. The summed E-state index contributed by atoms with van der Waals surface area (Å²) in [5.74, 6) is 1.24. The van der Waals surface area contributed by atoms with E-state index in [4.69, 9.17) is 0 Å². The lowest BCUT2D eigenvalue weighted by atomic mass is 9.68. The first kappa shape index (κ1) is 21.1. The maximum absolute atomic E-state index is 4.23. The fourth-order valence-electron chi connectivity index (χ4n) is 6.72. The van der Waals surface area contributed by atoms with Crippen molar-refractivity contribution in [2.24, 2.45) is 11.8 Å². The van der Waals surface area contributed by atoms with Crippen LogP contribution in [0.15, 0.2) is 84.9 Å². The van der Waals surface area contributed by atoms with E-state index in [1.807, 2.05) is 0 Å². The van der Waals surface area contributed by atoms with Gasteiger partial charge in [0.25, 0.3) is 0 Å². The molecule has 2 saturated heterocycles. The van der Waals surface area contributed by atoms with E-state index < -0.39 is 0 Å². The van der Waals surface area contributed by atoms with E-state index >= 15 is 0 Å². The van der Waals surface area contributed by atoms with E-state index in [-0.39, 0.29) is 5.66 Å². The molecule has 3 nitrogen and oxygen atoms in total. The van der Waals surface area contributed by atoms with Gasteiger partial charge in [-0.15, -0.1) is 0 Å². The Labute approximate surface area is 198 Å². The Hall–Kier alpha value is -2.46. The molecule has 4 atom stereocenters. The van der Waals surface area contributed by atoms with Crippen LogP contribution in [-0.2, 0) is 6.54 Å². The smallest absolute Gasteiger partial charge is 0.0780 e. The normalized spacial score (nSPS) is 31.7. The zero-order valence-corrected chi connectivity index (χ0v) is 19.6. The number of likely N-dealkylation sites (tertiary alicyclic amines) is 1. The van der Waals surface area contributed by atoms with Crippen LogP contribution in [0.4, 0.5) is 0 Å². The molecule has 3 aromatic carbocycles. The van der Waals surface area contributed by atoms with Gasteiger partial charge in [0, 0.05) is 31.5 Å². The Balaban J connectivity index is 1.30. The van der Waals surface area contributed by atoms with Crippen molar-refractivity contribution in [2.75, 3.05) is 13.1 Å². The van der Waals surface area contributed by atoms with Crippen LogP contribution in [-0.4, -0.2) is 23.7 Å². The van der Waals surface area contributed by atoms with Crippen LogP contribution in [0.1, 0.15) is 53.6 Å². The van der Waals surface area contributed by atoms with Crippen molar-refractivity contribution >= 4 is 0 Å². The quantitative estimate of drug-likeness (QED) is 0.556. The number of aryl methyl sites for hydroxylation is 1. The first-order chi connectivity index (χ1) is 16.2. The molecule has 1 spiro atoms. The van der Waals surface area contributed by atoms with Crippen LogP contribution in [0, 0.1) is 18.8 Å². The number of hydrogen-bond donors (Lipinski definition) is 2. The van der Waals surface area contributed by atoms with Gasteiger partial charge in [-0.05, 0) is 36.5 Å². The van der Waals surface area contributed by atoms with Gasteiger partial charge in [0.1, 0.15) is 0 Å². The molecule has 3 aliphatic rings. The molecule has 0 radical (unpaired) electrons. The zero-order chi connectivity index (χ0) is 22.3. The standard InChI is InChI=1S/C30H35N3/c1-22-15-17-23(18-16-22)19-33-20-26-13-8-14-27(21-33)30(26)31-28(24-9-4-2-5-10-24)29(32-30)25-11-6-3-7-12-25/h2-7,9-12,15-18,26-29,31-32H,8,13-14,19-21H2,1H3. The number of hydrogen-bond acceptors (Lipinski definition) is 3. The van der Waals surface area contributed by atoms with E-state index in [1.165, 1.54) is 41.5 Å². The van der Waals surface area contributed by atoms with E-state index in [0.717, 1.165) is 19.6 Å². The molecule has 3 fully saturated rings. The Morgan fingerprint density at radius 3 is 1.76 bits per heavy atom. The minimum absolute atomic E-state index is 0.0169. The number of piperidine rings is 1. The van der Waals surface area contributed by atoms with Crippen LogP contribution in [0.2, 0.25) is 0 Å². The molecule has 1 saturated carbocycles. The Kier molecular flexibility index (Phi) is 5.57. The van der Waals surface area contributed by atoms with E-state index in [0.29, 0.717) is 23.9 Å². The second-order valence-corrected chi connectivity index (χ2v) is 10.4. The number of benzene rings is 3. The summed E-state index contributed by atoms with van der Waals surface area (Å²) in [6.45, 7) is 5.55. The van der Waals surface area contributed by atoms with E-state index in [2.05, 4.69) is 107 Å². The van der Waals surface area contributed by atoms with Gasteiger partial charge in [-0.2, -0.15) is 0 Å². The summed E-state index contributed by atoms with van der Waals surface area (Å²) in [6, 6.07) is 31.8.